The summed E-state index contributed by atoms with van der Waals surface area (Å²) in [4.78, 5) is 5.60. The van der Waals surface area contributed by atoms with Gasteiger partial charge in [-0.15, -0.1) is 17.9 Å². The van der Waals surface area contributed by atoms with Crippen molar-refractivity contribution >= 4 is 11.3 Å². The lowest BCUT2D eigenvalue weighted by atomic mass is 10.3. The van der Waals surface area contributed by atoms with Crippen molar-refractivity contribution in [1.29, 1.82) is 0 Å². The molecule has 0 saturated carbocycles. The first kappa shape index (κ1) is 10.4. The van der Waals surface area contributed by atoms with Crippen molar-refractivity contribution in [2.45, 2.75) is 26.3 Å². The van der Waals surface area contributed by atoms with Gasteiger partial charge in [-0.1, -0.05) is 6.08 Å². The zero-order valence-corrected chi connectivity index (χ0v) is 9.03. The molecule has 0 aliphatic carbocycles. The van der Waals surface area contributed by atoms with Gasteiger partial charge in [-0.2, -0.15) is 0 Å². The van der Waals surface area contributed by atoms with Crippen molar-refractivity contribution in [3.8, 4) is 0 Å². The highest BCUT2D eigenvalue weighted by Crippen LogP contribution is 2.18. The third-order valence-electron chi connectivity index (χ3n) is 1.81. The number of hydrogen-bond acceptors (Lipinski definition) is 3. The molecule has 0 saturated heterocycles. The minimum Gasteiger partial charge on any atom is -0.308 e. The number of rotatable bonds is 5. The van der Waals surface area contributed by atoms with Crippen LogP contribution in [0.3, 0.4) is 0 Å². The van der Waals surface area contributed by atoms with Crippen LogP contribution in [0.5, 0.6) is 0 Å². The van der Waals surface area contributed by atoms with E-state index in [1.807, 2.05) is 12.3 Å². The third-order valence-corrected chi connectivity index (χ3v) is 2.90. The molecule has 0 spiro atoms. The van der Waals surface area contributed by atoms with Gasteiger partial charge in [0.2, 0.25) is 0 Å². The van der Waals surface area contributed by atoms with Crippen LogP contribution in [0.2, 0.25) is 0 Å². The molecule has 0 aliphatic rings. The molecule has 0 aliphatic heterocycles. The normalized spacial score (nSPS) is 12.8. The van der Waals surface area contributed by atoms with Gasteiger partial charge in [0.1, 0.15) is 5.01 Å². The van der Waals surface area contributed by atoms with E-state index in [1.165, 1.54) is 9.88 Å². The molecule has 1 unspecified atom stereocenters. The van der Waals surface area contributed by atoms with E-state index >= 15 is 0 Å². The lowest BCUT2D eigenvalue weighted by Crippen LogP contribution is -2.19. The predicted molar refractivity (Wildman–Crippen MR) is 58.1 cm³/mol. The van der Waals surface area contributed by atoms with E-state index in [9.17, 15) is 0 Å². The second-order valence-electron chi connectivity index (χ2n) is 3.06. The van der Waals surface area contributed by atoms with Gasteiger partial charge in [0.15, 0.2) is 0 Å². The van der Waals surface area contributed by atoms with Crippen molar-refractivity contribution in [2.75, 3.05) is 6.54 Å². The van der Waals surface area contributed by atoms with Crippen LogP contribution in [0.1, 0.15) is 29.3 Å². The lowest BCUT2D eigenvalue weighted by Gasteiger charge is -2.09. The largest absolute Gasteiger partial charge is 0.308 e. The maximum Gasteiger partial charge on any atom is 0.109 e. The van der Waals surface area contributed by atoms with Crippen LogP contribution in [0.25, 0.3) is 0 Å². The molecule has 1 aromatic heterocycles. The molecule has 0 aromatic carbocycles. The summed E-state index contributed by atoms with van der Waals surface area (Å²) >= 11 is 1.75. The van der Waals surface area contributed by atoms with Crippen LogP contribution in [0.4, 0.5) is 0 Å². The maximum absolute atomic E-state index is 4.32. The first-order chi connectivity index (χ1) is 6.24. The van der Waals surface area contributed by atoms with Crippen LogP contribution in [0, 0.1) is 6.92 Å². The summed E-state index contributed by atoms with van der Waals surface area (Å²) in [5, 5.41) is 4.56. The number of aryl methyl sites for hydroxylation is 1. The Balaban J connectivity index is 2.39. The molecule has 13 heavy (non-hydrogen) atoms. The van der Waals surface area contributed by atoms with Crippen LogP contribution < -0.4 is 5.32 Å². The van der Waals surface area contributed by atoms with Crippen LogP contribution in [0.15, 0.2) is 18.9 Å². The smallest absolute Gasteiger partial charge is 0.109 e. The van der Waals surface area contributed by atoms with E-state index in [0.717, 1.165) is 13.0 Å². The maximum atomic E-state index is 4.32. The molecule has 0 bridgehead atoms. The Kier molecular flexibility index (Phi) is 4.12. The Bertz CT molecular complexity index is 268. The molecule has 3 heteroatoms. The zero-order valence-electron chi connectivity index (χ0n) is 8.21. The topological polar surface area (TPSA) is 24.9 Å². The molecule has 1 N–H and O–H groups in total. The van der Waals surface area contributed by atoms with Gasteiger partial charge in [0.25, 0.3) is 0 Å². The number of thiazole rings is 1. The molecule has 0 fully saturated rings. The summed E-state index contributed by atoms with van der Waals surface area (Å²) in [6.07, 6.45) is 4.85. The van der Waals surface area contributed by atoms with E-state index in [4.69, 9.17) is 0 Å². The number of nitrogens with one attached hydrogen (secondary N) is 1. The summed E-state index contributed by atoms with van der Waals surface area (Å²) in [6, 6.07) is 0.360. The van der Waals surface area contributed by atoms with Crippen molar-refractivity contribution < 1.29 is 0 Å². The first-order valence-electron chi connectivity index (χ1n) is 4.50. The fraction of sp³-hybridized carbons (Fsp3) is 0.500. The van der Waals surface area contributed by atoms with E-state index in [2.05, 4.69) is 30.7 Å². The predicted octanol–water partition coefficient (Wildman–Crippen LogP) is 2.68. The molecule has 1 heterocycles. The highest BCUT2D eigenvalue weighted by Gasteiger charge is 2.07. The lowest BCUT2D eigenvalue weighted by molar-refractivity contribution is 0.578. The van der Waals surface area contributed by atoms with Gasteiger partial charge in [-0.05, 0) is 26.8 Å². The number of aromatic nitrogens is 1. The summed E-state index contributed by atoms with van der Waals surface area (Å²) in [5.74, 6) is 0. The van der Waals surface area contributed by atoms with Gasteiger partial charge >= 0.3 is 0 Å². The Labute approximate surface area is 83.7 Å². The van der Waals surface area contributed by atoms with Crippen molar-refractivity contribution in [1.82, 2.24) is 10.3 Å². The SMILES string of the molecule is C=CCCNC(C)c1ncc(C)s1. The van der Waals surface area contributed by atoms with Crippen LogP contribution in [-0.4, -0.2) is 11.5 Å². The fourth-order valence-electron chi connectivity index (χ4n) is 1.06. The van der Waals surface area contributed by atoms with E-state index in [1.54, 1.807) is 11.3 Å². The molecule has 0 amide bonds. The molecule has 72 valence electrons. The van der Waals surface area contributed by atoms with E-state index in [0.29, 0.717) is 6.04 Å². The van der Waals surface area contributed by atoms with Crippen LogP contribution >= 0.6 is 11.3 Å². The van der Waals surface area contributed by atoms with Gasteiger partial charge < -0.3 is 5.32 Å². The summed E-state index contributed by atoms with van der Waals surface area (Å²) in [7, 11) is 0. The molecule has 0 radical (unpaired) electrons. The number of hydrogen-bond donors (Lipinski definition) is 1. The highest BCUT2D eigenvalue weighted by molar-refractivity contribution is 7.11. The van der Waals surface area contributed by atoms with Crippen molar-refractivity contribution in [3.05, 3.63) is 28.7 Å². The molecule has 1 aromatic rings. The van der Waals surface area contributed by atoms with Crippen LogP contribution in [-0.2, 0) is 0 Å². The summed E-state index contributed by atoms with van der Waals surface area (Å²) in [6.45, 7) is 8.88. The second kappa shape index (κ2) is 5.14. The van der Waals surface area contributed by atoms with Gasteiger partial charge in [-0.3, -0.25) is 0 Å². The summed E-state index contributed by atoms with van der Waals surface area (Å²) in [5.41, 5.74) is 0. The monoisotopic (exact) mass is 196 g/mol. The first-order valence-corrected chi connectivity index (χ1v) is 5.32. The van der Waals surface area contributed by atoms with Crippen molar-refractivity contribution in [2.24, 2.45) is 0 Å². The molecule has 1 atom stereocenters. The molecule has 2 nitrogen and oxygen atoms in total. The van der Waals surface area contributed by atoms with E-state index < -0.39 is 0 Å². The molecular formula is C10H16N2S. The fourth-order valence-corrected chi connectivity index (χ4v) is 1.86. The Hall–Kier alpha value is -0.670. The Morgan fingerprint density at radius 3 is 3.08 bits per heavy atom. The quantitative estimate of drug-likeness (QED) is 0.578. The number of nitrogens with zero attached hydrogens (tertiary/aromatic N) is 1. The Morgan fingerprint density at radius 2 is 2.54 bits per heavy atom. The zero-order chi connectivity index (χ0) is 9.68. The third kappa shape index (κ3) is 3.28. The second-order valence-corrected chi connectivity index (χ2v) is 4.33. The standard InChI is InChI=1S/C10H16N2S/c1-4-5-6-11-9(3)10-12-7-8(2)13-10/h4,7,9,11H,1,5-6H2,2-3H3. The highest BCUT2D eigenvalue weighted by atomic mass is 32.1. The average molecular weight is 196 g/mol. The Morgan fingerprint density at radius 1 is 1.77 bits per heavy atom. The average Bonchev–Trinajstić information content (AvgIpc) is 2.52. The van der Waals surface area contributed by atoms with Gasteiger partial charge in [0, 0.05) is 11.1 Å². The molecule has 1 rings (SSSR count). The minimum atomic E-state index is 0.360. The van der Waals surface area contributed by atoms with Gasteiger partial charge in [-0.25, -0.2) is 4.98 Å². The van der Waals surface area contributed by atoms with E-state index in [-0.39, 0.29) is 0 Å². The van der Waals surface area contributed by atoms with Crippen molar-refractivity contribution in [3.63, 3.8) is 0 Å². The minimum absolute atomic E-state index is 0.360. The summed E-state index contributed by atoms with van der Waals surface area (Å²) < 4.78 is 0. The molecular weight excluding hydrogens is 180 g/mol. The van der Waals surface area contributed by atoms with Gasteiger partial charge in [0.05, 0.1) is 6.04 Å².